The zero-order valence-electron chi connectivity index (χ0n) is 8.89. The van der Waals surface area contributed by atoms with E-state index in [1.807, 2.05) is 18.2 Å². The first kappa shape index (κ1) is 10.9. The lowest BCUT2D eigenvalue weighted by Crippen LogP contribution is -2.19. The van der Waals surface area contributed by atoms with Crippen molar-refractivity contribution in [2.45, 2.75) is 6.54 Å². The number of nitrogens with two attached hydrogens (primary N) is 1. The van der Waals surface area contributed by atoms with Crippen LogP contribution in [-0.4, -0.2) is 24.3 Å². The molecule has 0 atom stereocenters. The largest absolute Gasteiger partial charge is 0.420 e. The molecular weight excluding hydrogens is 208 g/mol. The van der Waals surface area contributed by atoms with E-state index in [9.17, 15) is 4.79 Å². The molecule has 0 radical (unpaired) electrons. The Hall–Kier alpha value is -1.59. The summed E-state index contributed by atoms with van der Waals surface area (Å²) in [6.45, 7) is 1.93. The maximum absolute atomic E-state index is 11.5. The van der Waals surface area contributed by atoms with E-state index in [4.69, 9.17) is 14.9 Å². The van der Waals surface area contributed by atoms with Gasteiger partial charge in [-0.25, -0.2) is 4.79 Å². The van der Waals surface area contributed by atoms with Crippen LogP contribution in [0.5, 0.6) is 0 Å². The number of benzene rings is 1. The highest BCUT2D eigenvalue weighted by atomic mass is 16.5. The molecule has 2 N–H and O–H groups in total. The lowest BCUT2D eigenvalue weighted by Gasteiger charge is -2.02. The van der Waals surface area contributed by atoms with Gasteiger partial charge in [-0.15, -0.1) is 0 Å². The van der Waals surface area contributed by atoms with Crippen LogP contribution in [-0.2, 0) is 11.3 Å². The molecule has 1 aromatic carbocycles. The number of rotatable bonds is 5. The third-order valence-electron chi connectivity index (χ3n) is 2.30. The predicted octanol–water partition coefficient (Wildman–Crippen LogP) is 0.570. The van der Waals surface area contributed by atoms with E-state index < -0.39 is 0 Å². The van der Waals surface area contributed by atoms with Crippen molar-refractivity contribution in [3.8, 4) is 0 Å². The second kappa shape index (κ2) is 4.96. The van der Waals surface area contributed by atoms with Crippen LogP contribution in [0, 0.1) is 0 Å². The average Bonchev–Trinajstić information content (AvgIpc) is 2.61. The van der Waals surface area contributed by atoms with E-state index in [1.165, 1.54) is 0 Å². The van der Waals surface area contributed by atoms with Crippen LogP contribution >= 0.6 is 0 Å². The van der Waals surface area contributed by atoms with Crippen molar-refractivity contribution in [3.63, 3.8) is 0 Å². The number of fused-ring (bicyclic) bond motifs is 1. The molecule has 2 aromatic rings. The van der Waals surface area contributed by atoms with Gasteiger partial charge in [-0.1, -0.05) is 12.1 Å². The molecule has 0 aliphatic rings. The third kappa shape index (κ3) is 2.15. The SMILES string of the molecule is NCCOCCn1c(=O)oc2ccccc21. The van der Waals surface area contributed by atoms with Crippen molar-refractivity contribution >= 4 is 11.1 Å². The fourth-order valence-electron chi connectivity index (χ4n) is 1.57. The Morgan fingerprint density at radius 1 is 1.31 bits per heavy atom. The van der Waals surface area contributed by atoms with Gasteiger partial charge in [0, 0.05) is 6.54 Å². The average molecular weight is 222 g/mol. The summed E-state index contributed by atoms with van der Waals surface area (Å²) >= 11 is 0. The fraction of sp³-hybridized carbons (Fsp3) is 0.364. The molecule has 0 spiro atoms. The Morgan fingerprint density at radius 2 is 2.12 bits per heavy atom. The first-order valence-electron chi connectivity index (χ1n) is 5.19. The third-order valence-corrected chi connectivity index (χ3v) is 2.30. The summed E-state index contributed by atoms with van der Waals surface area (Å²) in [5, 5.41) is 0. The quantitative estimate of drug-likeness (QED) is 0.751. The van der Waals surface area contributed by atoms with Crippen LogP contribution in [0.25, 0.3) is 11.1 Å². The molecule has 5 nitrogen and oxygen atoms in total. The zero-order valence-corrected chi connectivity index (χ0v) is 8.89. The Balaban J connectivity index is 2.16. The fourth-order valence-corrected chi connectivity index (χ4v) is 1.57. The molecule has 1 aromatic heterocycles. The Labute approximate surface area is 92.4 Å². The van der Waals surface area contributed by atoms with Crippen LogP contribution in [0.15, 0.2) is 33.5 Å². The minimum atomic E-state index is -0.349. The Bertz CT molecular complexity index is 515. The van der Waals surface area contributed by atoms with E-state index >= 15 is 0 Å². The van der Waals surface area contributed by atoms with Crippen LogP contribution < -0.4 is 11.5 Å². The summed E-state index contributed by atoms with van der Waals surface area (Å²) in [7, 11) is 0. The van der Waals surface area contributed by atoms with E-state index in [2.05, 4.69) is 0 Å². The summed E-state index contributed by atoms with van der Waals surface area (Å²) in [5.41, 5.74) is 6.69. The van der Waals surface area contributed by atoms with E-state index in [0.717, 1.165) is 5.52 Å². The van der Waals surface area contributed by atoms with Crippen molar-refractivity contribution in [1.82, 2.24) is 4.57 Å². The first-order valence-corrected chi connectivity index (χ1v) is 5.19. The van der Waals surface area contributed by atoms with Gasteiger partial charge in [0.1, 0.15) is 0 Å². The van der Waals surface area contributed by atoms with Crippen molar-refractivity contribution < 1.29 is 9.15 Å². The molecule has 2 rings (SSSR count). The molecule has 16 heavy (non-hydrogen) atoms. The second-order valence-electron chi connectivity index (χ2n) is 3.39. The molecule has 0 aliphatic carbocycles. The van der Waals surface area contributed by atoms with Crippen LogP contribution in [0.3, 0.4) is 0 Å². The summed E-state index contributed by atoms with van der Waals surface area (Å²) in [6, 6.07) is 7.33. The number of para-hydroxylation sites is 2. The minimum absolute atomic E-state index is 0.349. The van der Waals surface area contributed by atoms with Gasteiger partial charge in [-0.05, 0) is 12.1 Å². The van der Waals surface area contributed by atoms with Crippen molar-refractivity contribution in [3.05, 3.63) is 34.8 Å². The van der Waals surface area contributed by atoms with Crippen LogP contribution in [0.4, 0.5) is 0 Å². The molecule has 0 saturated heterocycles. The number of aromatic nitrogens is 1. The van der Waals surface area contributed by atoms with Gasteiger partial charge in [0.15, 0.2) is 5.58 Å². The topological polar surface area (TPSA) is 70.4 Å². The molecule has 5 heteroatoms. The smallest absolute Gasteiger partial charge is 0.408 e. The number of hydrogen-bond donors (Lipinski definition) is 1. The van der Waals surface area contributed by atoms with E-state index in [-0.39, 0.29) is 5.76 Å². The van der Waals surface area contributed by atoms with Crippen molar-refractivity contribution in [2.24, 2.45) is 5.73 Å². The van der Waals surface area contributed by atoms with Gasteiger partial charge in [-0.2, -0.15) is 0 Å². The normalized spacial score (nSPS) is 11.1. The highest BCUT2D eigenvalue weighted by Gasteiger charge is 2.07. The molecule has 86 valence electrons. The number of nitrogens with zero attached hydrogens (tertiary/aromatic N) is 1. The van der Waals surface area contributed by atoms with Gasteiger partial charge in [0.05, 0.1) is 25.3 Å². The van der Waals surface area contributed by atoms with Gasteiger partial charge < -0.3 is 14.9 Å². The van der Waals surface area contributed by atoms with Crippen LogP contribution in [0.2, 0.25) is 0 Å². The maximum Gasteiger partial charge on any atom is 0.420 e. The first-order chi connectivity index (χ1) is 7.83. The minimum Gasteiger partial charge on any atom is -0.408 e. The summed E-state index contributed by atoms with van der Waals surface area (Å²) < 4.78 is 11.9. The maximum atomic E-state index is 11.5. The molecule has 0 aliphatic heterocycles. The van der Waals surface area contributed by atoms with E-state index in [1.54, 1.807) is 10.6 Å². The molecule has 0 amide bonds. The standard InChI is InChI=1S/C11H14N2O3/c12-5-7-15-8-6-13-9-3-1-2-4-10(9)16-11(13)14/h1-4H,5-8,12H2. The number of oxazole rings is 1. The number of hydrogen-bond acceptors (Lipinski definition) is 4. The van der Waals surface area contributed by atoms with Crippen LogP contribution in [0.1, 0.15) is 0 Å². The highest BCUT2D eigenvalue weighted by molar-refractivity contribution is 5.72. The van der Waals surface area contributed by atoms with Gasteiger partial charge in [0.2, 0.25) is 0 Å². The highest BCUT2D eigenvalue weighted by Crippen LogP contribution is 2.11. The second-order valence-corrected chi connectivity index (χ2v) is 3.39. The molecule has 1 heterocycles. The Kier molecular flexibility index (Phi) is 3.38. The molecule has 0 bridgehead atoms. The summed E-state index contributed by atoms with van der Waals surface area (Å²) in [5.74, 6) is -0.349. The molecule has 0 saturated carbocycles. The Morgan fingerprint density at radius 3 is 2.94 bits per heavy atom. The zero-order chi connectivity index (χ0) is 11.4. The van der Waals surface area contributed by atoms with Gasteiger partial charge in [-0.3, -0.25) is 4.57 Å². The molecule has 0 unspecified atom stereocenters. The van der Waals surface area contributed by atoms with E-state index in [0.29, 0.717) is 31.9 Å². The van der Waals surface area contributed by atoms with Gasteiger partial charge in [0.25, 0.3) is 0 Å². The van der Waals surface area contributed by atoms with Crippen molar-refractivity contribution in [1.29, 1.82) is 0 Å². The lowest BCUT2D eigenvalue weighted by molar-refractivity contribution is 0.132. The number of ether oxygens (including phenoxy) is 1. The summed E-state index contributed by atoms with van der Waals surface area (Å²) in [4.78, 5) is 11.5. The lowest BCUT2D eigenvalue weighted by atomic mass is 10.3. The molecule has 0 fully saturated rings. The van der Waals surface area contributed by atoms with Gasteiger partial charge >= 0.3 is 5.76 Å². The monoisotopic (exact) mass is 222 g/mol. The van der Waals surface area contributed by atoms with Crippen molar-refractivity contribution in [2.75, 3.05) is 19.8 Å². The predicted molar refractivity (Wildman–Crippen MR) is 60.3 cm³/mol. The molecular formula is C11H14N2O3. The summed E-state index contributed by atoms with van der Waals surface area (Å²) in [6.07, 6.45) is 0.